The van der Waals surface area contributed by atoms with E-state index < -0.39 is 0 Å². The lowest BCUT2D eigenvalue weighted by atomic mass is 9.89. The molecule has 3 heterocycles. The summed E-state index contributed by atoms with van der Waals surface area (Å²) in [5.41, 5.74) is 6.27. The molecule has 142 valence electrons. The van der Waals surface area contributed by atoms with Crippen LogP contribution in [0.3, 0.4) is 0 Å². The molecule has 0 bridgehead atoms. The van der Waals surface area contributed by atoms with Crippen LogP contribution in [0.2, 0.25) is 0 Å². The van der Waals surface area contributed by atoms with Gasteiger partial charge in [-0.15, -0.1) is 11.3 Å². The van der Waals surface area contributed by atoms with Crippen LogP contribution in [0.15, 0.2) is 30.3 Å². The normalized spacial score (nSPS) is 19.5. The fraction of sp³-hybridized carbons (Fsp3) is 0.478. The molecule has 1 fully saturated rings. The number of aromatic nitrogens is 2. The van der Waals surface area contributed by atoms with E-state index in [1.165, 1.54) is 48.2 Å². The maximum absolute atomic E-state index is 4.60. The molecule has 1 aliphatic rings. The lowest BCUT2D eigenvalue weighted by Gasteiger charge is -2.37. The third-order valence-corrected chi connectivity index (χ3v) is 6.70. The van der Waals surface area contributed by atoms with Crippen molar-refractivity contribution < 1.29 is 0 Å². The Morgan fingerprint density at radius 1 is 1.11 bits per heavy atom. The van der Waals surface area contributed by atoms with Crippen LogP contribution in [-0.2, 0) is 6.42 Å². The van der Waals surface area contributed by atoms with Crippen LogP contribution in [0.4, 0.5) is 0 Å². The number of pyridine rings is 1. The van der Waals surface area contributed by atoms with Crippen molar-refractivity contribution >= 4 is 21.6 Å². The summed E-state index contributed by atoms with van der Waals surface area (Å²) in [5, 5.41) is 1.15. The minimum absolute atomic E-state index is 0.459. The van der Waals surface area contributed by atoms with E-state index >= 15 is 0 Å². The molecule has 1 aromatic carbocycles. The summed E-state index contributed by atoms with van der Waals surface area (Å²) < 4.78 is 1.31. The molecule has 1 aliphatic heterocycles. The average molecular weight is 380 g/mol. The molecule has 3 aromatic rings. The molecular weight excluding hydrogens is 350 g/mol. The van der Waals surface area contributed by atoms with Gasteiger partial charge in [0.05, 0.1) is 15.2 Å². The second kappa shape index (κ2) is 7.69. The van der Waals surface area contributed by atoms with Crippen molar-refractivity contribution in [1.29, 1.82) is 0 Å². The molecular formula is C23H29N3S. The van der Waals surface area contributed by atoms with E-state index in [-0.39, 0.29) is 0 Å². The van der Waals surface area contributed by atoms with E-state index in [4.69, 9.17) is 0 Å². The lowest BCUT2D eigenvalue weighted by molar-refractivity contribution is 0.131. The van der Waals surface area contributed by atoms with E-state index in [9.17, 15) is 0 Å². The summed E-state index contributed by atoms with van der Waals surface area (Å²) in [4.78, 5) is 11.8. The molecule has 2 unspecified atom stereocenters. The standard InChI is InChI=1S/C23H29N3S/c1-15-10-20(11-16(2)24-15)12-19-6-5-9-26(14-19)17(3)21-7-8-22-23(13-21)27-18(4)25-22/h7-8,10-11,13,17,19H,5-6,9,12,14H2,1-4H3. The average Bonchev–Trinajstić information content (AvgIpc) is 2.99. The highest BCUT2D eigenvalue weighted by atomic mass is 32.1. The van der Waals surface area contributed by atoms with Crippen LogP contribution in [0.25, 0.3) is 10.2 Å². The first-order chi connectivity index (χ1) is 13.0. The lowest BCUT2D eigenvalue weighted by Crippen LogP contribution is -2.38. The third kappa shape index (κ3) is 4.22. The van der Waals surface area contributed by atoms with Gasteiger partial charge in [0.1, 0.15) is 0 Å². The quantitative estimate of drug-likeness (QED) is 0.588. The zero-order chi connectivity index (χ0) is 19.0. The topological polar surface area (TPSA) is 29.0 Å². The fourth-order valence-electron chi connectivity index (χ4n) is 4.51. The summed E-state index contributed by atoms with van der Waals surface area (Å²) in [6, 6.07) is 11.8. The number of nitrogens with zero attached hydrogens (tertiary/aromatic N) is 3. The van der Waals surface area contributed by atoms with Gasteiger partial charge < -0.3 is 0 Å². The molecule has 0 radical (unpaired) electrons. The van der Waals surface area contributed by atoms with Crippen molar-refractivity contribution in [1.82, 2.24) is 14.9 Å². The Labute approximate surface area is 166 Å². The second-order valence-electron chi connectivity index (χ2n) is 8.10. The molecule has 0 saturated carbocycles. The number of likely N-dealkylation sites (tertiary alicyclic amines) is 1. The maximum Gasteiger partial charge on any atom is 0.0907 e. The monoisotopic (exact) mass is 379 g/mol. The first-order valence-electron chi connectivity index (χ1n) is 10.0. The zero-order valence-electron chi connectivity index (χ0n) is 16.8. The van der Waals surface area contributed by atoms with E-state index in [1.807, 2.05) is 0 Å². The summed E-state index contributed by atoms with van der Waals surface area (Å²) in [5.74, 6) is 0.733. The molecule has 4 rings (SSSR count). The predicted molar refractivity (Wildman–Crippen MR) is 114 cm³/mol. The molecule has 0 N–H and O–H groups in total. The van der Waals surface area contributed by atoms with Gasteiger partial charge in [-0.2, -0.15) is 0 Å². The molecule has 0 aliphatic carbocycles. The van der Waals surface area contributed by atoms with Crippen LogP contribution in [0, 0.1) is 26.7 Å². The largest absolute Gasteiger partial charge is 0.296 e. The Morgan fingerprint density at radius 2 is 1.89 bits per heavy atom. The molecule has 2 aromatic heterocycles. The number of aryl methyl sites for hydroxylation is 3. The number of fused-ring (bicyclic) bond motifs is 1. The van der Waals surface area contributed by atoms with Crippen LogP contribution in [0.5, 0.6) is 0 Å². The molecule has 0 spiro atoms. The molecule has 0 amide bonds. The summed E-state index contributed by atoms with van der Waals surface area (Å²) in [7, 11) is 0. The van der Waals surface area contributed by atoms with Gasteiger partial charge in [-0.05, 0) is 94.8 Å². The summed E-state index contributed by atoms with van der Waals surface area (Å²) >= 11 is 1.80. The minimum Gasteiger partial charge on any atom is -0.296 e. The molecule has 2 atom stereocenters. The highest BCUT2D eigenvalue weighted by molar-refractivity contribution is 7.18. The first-order valence-corrected chi connectivity index (χ1v) is 10.8. The van der Waals surface area contributed by atoms with Crippen LogP contribution < -0.4 is 0 Å². The van der Waals surface area contributed by atoms with Gasteiger partial charge >= 0.3 is 0 Å². The van der Waals surface area contributed by atoms with Gasteiger partial charge in [-0.1, -0.05) is 6.07 Å². The molecule has 1 saturated heterocycles. The van der Waals surface area contributed by atoms with Crippen molar-refractivity contribution in [2.24, 2.45) is 5.92 Å². The van der Waals surface area contributed by atoms with Crippen LogP contribution in [0.1, 0.15) is 53.3 Å². The minimum atomic E-state index is 0.459. The number of thiazole rings is 1. The Kier molecular flexibility index (Phi) is 5.29. The Morgan fingerprint density at radius 3 is 2.67 bits per heavy atom. The van der Waals surface area contributed by atoms with Gasteiger partial charge in [0.15, 0.2) is 0 Å². The third-order valence-electron chi connectivity index (χ3n) is 5.77. The van der Waals surface area contributed by atoms with Crippen molar-refractivity contribution in [3.8, 4) is 0 Å². The van der Waals surface area contributed by atoms with E-state index in [2.05, 4.69) is 72.9 Å². The Bertz CT molecular complexity index is 926. The highest BCUT2D eigenvalue weighted by Gasteiger charge is 2.25. The van der Waals surface area contributed by atoms with Crippen molar-refractivity contribution in [2.75, 3.05) is 13.1 Å². The number of hydrogen-bond acceptors (Lipinski definition) is 4. The van der Waals surface area contributed by atoms with E-state index in [0.29, 0.717) is 6.04 Å². The fourth-order valence-corrected chi connectivity index (χ4v) is 5.39. The van der Waals surface area contributed by atoms with Crippen LogP contribution >= 0.6 is 11.3 Å². The first kappa shape index (κ1) is 18.6. The van der Waals surface area contributed by atoms with E-state index in [1.54, 1.807) is 11.3 Å². The number of piperidine rings is 1. The van der Waals surface area contributed by atoms with Gasteiger partial charge in [-0.25, -0.2) is 4.98 Å². The maximum atomic E-state index is 4.60. The van der Waals surface area contributed by atoms with E-state index in [0.717, 1.165) is 27.8 Å². The number of rotatable bonds is 4. The van der Waals surface area contributed by atoms with Gasteiger partial charge in [-0.3, -0.25) is 9.88 Å². The Hall–Kier alpha value is -1.78. The molecule has 27 heavy (non-hydrogen) atoms. The van der Waals surface area contributed by atoms with Crippen LogP contribution in [-0.4, -0.2) is 28.0 Å². The summed E-state index contributed by atoms with van der Waals surface area (Å²) in [6.45, 7) is 11.0. The molecule has 3 nitrogen and oxygen atoms in total. The van der Waals surface area contributed by atoms with Gasteiger partial charge in [0.2, 0.25) is 0 Å². The number of benzene rings is 1. The highest BCUT2D eigenvalue weighted by Crippen LogP contribution is 2.31. The summed E-state index contributed by atoms with van der Waals surface area (Å²) in [6.07, 6.45) is 3.79. The smallest absolute Gasteiger partial charge is 0.0907 e. The second-order valence-corrected chi connectivity index (χ2v) is 9.34. The van der Waals surface area contributed by atoms with Crippen molar-refractivity contribution in [3.63, 3.8) is 0 Å². The van der Waals surface area contributed by atoms with Crippen molar-refractivity contribution in [3.05, 3.63) is 57.9 Å². The zero-order valence-corrected chi connectivity index (χ0v) is 17.6. The molecule has 4 heteroatoms. The van der Waals surface area contributed by atoms with Gasteiger partial charge in [0.25, 0.3) is 0 Å². The number of hydrogen-bond donors (Lipinski definition) is 0. The van der Waals surface area contributed by atoms with Gasteiger partial charge in [0, 0.05) is 24.0 Å². The SMILES string of the molecule is Cc1cc(CC2CCCN(C(C)c3ccc4nc(C)sc4c3)C2)cc(C)n1. The predicted octanol–water partition coefficient (Wildman–Crippen LogP) is 5.63. The Balaban J connectivity index is 1.47. The van der Waals surface area contributed by atoms with Crippen molar-refractivity contribution in [2.45, 2.75) is 53.0 Å².